The lowest BCUT2D eigenvalue weighted by atomic mass is 10.1. The molecule has 2 rings (SSSR count). The van der Waals surface area contributed by atoms with Gasteiger partial charge in [-0.05, 0) is 25.1 Å². The molecule has 0 amide bonds. The molecule has 0 bridgehead atoms. The number of aromatic nitrogens is 2. The van der Waals surface area contributed by atoms with Crippen LogP contribution in [0.25, 0.3) is 11.3 Å². The fraction of sp³-hybridized carbons (Fsp3) is 0.167. The molecule has 0 aliphatic carbocycles. The van der Waals surface area contributed by atoms with E-state index >= 15 is 0 Å². The fourth-order valence-corrected chi connectivity index (χ4v) is 1.57. The second-order valence-corrected chi connectivity index (χ2v) is 3.55. The molecule has 2 aromatic rings. The Bertz CT molecular complexity index is 608. The first-order chi connectivity index (χ1) is 8.13. The highest BCUT2D eigenvalue weighted by atomic mass is 19.1. The molecule has 4 nitrogen and oxygen atoms in total. The van der Waals surface area contributed by atoms with Crippen molar-refractivity contribution in [3.05, 3.63) is 46.3 Å². The molecule has 1 aromatic carbocycles. The van der Waals surface area contributed by atoms with E-state index in [1.165, 1.54) is 25.6 Å². The number of ether oxygens (including phenoxy) is 1. The summed E-state index contributed by atoms with van der Waals surface area (Å²) < 4.78 is 18.4. The molecule has 0 saturated heterocycles. The van der Waals surface area contributed by atoms with Crippen molar-refractivity contribution < 1.29 is 9.13 Å². The summed E-state index contributed by atoms with van der Waals surface area (Å²) in [5, 5.41) is 0. The van der Waals surface area contributed by atoms with Crippen molar-refractivity contribution >= 4 is 0 Å². The molecule has 5 heteroatoms. The molecule has 0 aliphatic rings. The zero-order chi connectivity index (χ0) is 12.4. The SMILES string of the molecule is COc1ccc(-c2nc[nH]c(=O)c2C)cc1F. The maximum Gasteiger partial charge on any atom is 0.254 e. The van der Waals surface area contributed by atoms with E-state index in [2.05, 4.69) is 9.97 Å². The summed E-state index contributed by atoms with van der Waals surface area (Å²) in [7, 11) is 1.40. The van der Waals surface area contributed by atoms with Gasteiger partial charge >= 0.3 is 0 Å². The lowest BCUT2D eigenvalue weighted by Gasteiger charge is -2.06. The van der Waals surface area contributed by atoms with Crippen molar-refractivity contribution in [1.82, 2.24) is 9.97 Å². The maximum atomic E-state index is 13.5. The van der Waals surface area contributed by atoms with Gasteiger partial charge in [0.15, 0.2) is 11.6 Å². The van der Waals surface area contributed by atoms with E-state index in [-0.39, 0.29) is 11.3 Å². The largest absolute Gasteiger partial charge is 0.494 e. The zero-order valence-electron chi connectivity index (χ0n) is 9.45. The molecular formula is C12H11FN2O2. The van der Waals surface area contributed by atoms with Gasteiger partial charge in [-0.1, -0.05) is 0 Å². The molecular weight excluding hydrogens is 223 g/mol. The second kappa shape index (κ2) is 4.37. The van der Waals surface area contributed by atoms with E-state index in [4.69, 9.17) is 4.74 Å². The third kappa shape index (κ3) is 2.04. The number of nitrogens with zero attached hydrogens (tertiary/aromatic N) is 1. The average Bonchev–Trinajstić information content (AvgIpc) is 2.32. The van der Waals surface area contributed by atoms with Crippen LogP contribution in [0.5, 0.6) is 5.75 Å². The smallest absolute Gasteiger partial charge is 0.254 e. The number of benzene rings is 1. The fourth-order valence-electron chi connectivity index (χ4n) is 1.57. The molecule has 0 atom stereocenters. The summed E-state index contributed by atoms with van der Waals surface area (Å²) in [4.78, 5) is 17.9. The van der Waals surface area contributed by atoms with Crippen LogP contribution in [0.2, 0.25) is 0 Å². The molecule has 1 aromatic heterocycles. The molecule has 0 saturated carbocycles. The zero-order valence-corrected chi connectivity index (χ0v) is 9.45. The van der Waals surface area contributed by atoms with Crippen LogP contribution >= 0.6 is 0 Å². The van der Waals surface area contributed by atoms with Crippen LogP contribution in [0.1, 0.15) is 5.56 Å². The van der Waals surface area contributed by atoms with Crippen LogP contribution in [-0.2, 0) is 0 Å². The molecule has 1 N–H and O–H groups in total. The van der Waals surface area contributed by atoms with Crippen molar-refractivity contribution in [3.8, 4) is 17.0 Å². The number of halogens is 1. The minimum atomic E-state index is -0.480. The van der Waals surface area contributed by atoms with Crippen LogP contribution in [0.3, 0.4) is 0 Å². The lowest BCUT2D eigenvalue weighted by molar-refractivity contribution is 0.386. The second-order valence-electron chi connectivity index (χ2n) is 3.55. The topological polar surface area (TPSA) is 55.0 Å². The number of methoxy groups -OCH3 is 1. The Morgan fingerprint density at radius 1 is 1.41 bits per heavy atom. The van der Waals surface area contributed by atoms with Crippen LogP contribution in [0.15, 0.2) is 29.3 Å². The molecule has 88 valence electrons. The Hall–Kier alpha value is -2.17. The number of nitrogens with one attached hydrogen (secondary N) is 1. The Morgan fingerprint density at radius 3 is 2.82 bits per heavy atom. The van der Waals surface area contributed by atoms with E-state index in [1.54, 1.807) is 13.0 Å². The van der Waals surface area contributed by atoms with Crippen LogP contribution in [0, 0.1) is 12.7 Å². The molecule has 0 unspecified atom stereocenters. The van der Waals surface area contributed by atoms with Gasteiger partial charge in [0.2, 0.25) is 0 Å². The molecule has 0 fully saturated rings. The van der Waals surface area contributed by atoms with Gasteiger partial charge in [-0.2, -0.15) is 0 Å². The van der Waals surface area contributed by atoms with Gasteiger partial charge in [0.25, 0.3) is 5.56 Å². The van der Waals surface area contributed by atoms with Crippen molar-refractivity contribution in [1.29, 1.82) is 0 Å². The van der Waals surface area contributed by atoms with Gasteiger partial charge in [0.1, 0.15) is 0 Å². The van der Waals surface area contributed by atoms with Gasteiger partial charge in [-0.25, -0.2) is 9.37 Å². The summed E-state index contributed by atoms with van der Waals surface area (Å²) in [5.74, 6) is -0.317. The Kier molecular flexibility index (Phi) is 2.91. The maximum absolute atomic E-state index is 13.5. The van der Waals surface area contributed by atoms with Crippen LogP contribution in [0.4, 0.5) is 4.39 Å². The predicted molar refractivity (Wildman–Crippen MR) is 61.5 cm³/mol. The first-order valence-electron chi connectivity index (χ1n) is 5.01. The van der Waals surface area contributed by atoms with E-state index in [0.717, 1.165) is 0 Å². The van der Waals surface area contributed by atoms with E-state index in [1.807, 2.05) is 0 Å². The first-order valence-corrected chi connectivity index (χ1v) is 5.01. The Balaban J connectivity index is 2.58. The average molecular weight is 234 g/mol. The normalized spacial score (nSPS) is 10.3. The van der Waals surface area contributed by atoms with Crippen molar-refractivity contribution in [2.75, 3.05) is 7.11 Å². The third-order valence-corrected chi connectivity index (χ3v) is 2.51. The van der Waals surface area contributed by atoms with Gasteiger partial charge in [-0.15, -0.1) is 0 Å². The molecule has 0 aliphatic heterocycles. The standard InChI is InChI=1S/C12H11FN2O2/c1-7-11(14-6-15-12(7)16)8-3-4-10(17-2)9(13)5-8/h3-6H,1-2H3,(H,14,15,16). The van der Waals surface area contributed by atoms with Crippen molar-refractivity contribution in [3.63, 3.8) is 0 Å². The minimum Gasteiger partial charge on any atom is -0.494 e. The highest BCUT2D eigenvalue weighted by molar-refractivity contribution is 5.63. The molecule has 0 spiro atoms. The van der Waals surface area contributed by atoms with E-state index < -0.39 is 5.82 Å². The van der Waals surface area contributed by atoms with E-state index in [0.29, 0.717) is 16.8 Å². The van der Waals surface area contributed by atoms with Gasteiger partial charge in [-0.3, -0.25) is 4.79 Å². The number of H-pyrrole nitrogens is 1. The summed E-state index contributed by atoms with van der Waals surface area (Å²) in [5.41, 5.74) is 1.24. The predicted octanol–water partition coefficient (Wildman–Crippen LogP) is 1.89. The summed E-state index contributed by atoms with van der Waals surface area (Å²) in [6.07, 6.45) is 1.30. The van der Waals surface area contributed by atoms with Crippen molar-refractivity contribution in [2.45, 2.75) is 6.92 Å². The van der Waals surface area contributed by atoms with Crippen LogP contribution < -0.4 is 10.3 Å². The summed E-state index contributed by atoms with van der Waals surface area (Å²) in [6, 6.07) is 4.47. The highest BCUT2D eigenvalue weighted by Crippen LogP contribution is 2.24. The lowest BCUT2D eigenvalue weighted by Crippen LogP contribution is -2.11. The number of aromatic amines is 1. The van der Waals surface area contributed by atoms with Crippen molar-refractivity contribution in [2.24, 2.45) is 0 Å². The minimum absolute atomic E-state index is 0.163. The number of rotatable bonds is 2. The third-order valence-electron chi connectivity index (χ3n) is 2.51. The summed E-state index contributed by atoms with van der Waals surface area (Å²) in [6.45, 7) is 1.64. The Labute approximate surface area is 97.1 Å². The quantitative estimate of drug-likeness (QED) is 0.863. The number of hydrogen-bond donors (Lipinski definition) is 1. The Morgan fingerprint density at radius 2 is 2.18 bits per heavy atom. The van der Waals surface area contributed by atoms with Gasteiger partial charge < -0.3 is 9.72 Å². The van der Waals surface area contributed by atoms with Crippen LogP contribution in [-0.4, -0.2) is 17.1 Å². The molecule has 1 heterocycles. The number of hydrogen-bond acceptors (Lipinski definition) is 3. The highest BCUT2D eigenvalue weighted by Gasteiger charge is 2.09. The molecule has 17 heavy (non-hydrogen) atoms. The summed E-state index contributed by atoms with van der Waals surface area (Å²) >= 11 is 0. The first kappa shape index (κ1) is 11.3. The molecule has 0 radical (unpaired) electrons. The van der Waals surface area contributed by atoms with Gasteiger partial charge in [0.05, 0.1) is 19.1 Å². The monoisotopic (exact) mass is 234 g/mol. The van der Waals surface area contributed by atoms with Gasteiger partial charge in [0, 0.05) is 11.1 Å². The van der Waals surface area contributed by atoms with E-state index in [9.17, 15) is 9.18 Å².